The van der Waals surface area contributed by atoms with E-state index in [-0.39, 0.29) is 29.7 Å². The fourth-order valence-electron chi connectivity index (χ4n) is 4.35. The molecule has 1 N–H and O–H groups in total. The lowest BCUT2D eigenvalue weighted by molar-refractivity contribution is -0.117. The largest absolute Gasteiger partial charge is 0.497 e. The molecule has 3 aromatic rings. The maximum absolute atomic E-state index is 13.4. The molecule has 1 heterocycles. The van der Waals surface area contributed by atoms with Crippen LogP contribution in [0.15, 0.2) is 54.6 Å². The zero-order chi connectivity index (χ0) is 28.6. The highest BCUT2D eigenvalue weighted by molar-refractivity contribution is 5.99. The molecule has 2 amide bonds. The first-order chi connectivity index (χ1) is 18.5. The smallest absolute Gasteiger partial charge is 0.254 e. The summed E-state index contributed by atoms with van der Waals surface area (Å²) >= 11 is 0. The third kappa shape index (κ3) is 8.44. The van der Waals surface area contributed by atoms with Crippen molar-refractivity contribution in [1.82, 2.24) is 14.7 Å². The van der Waals surface area contributed by atoms with Gasteiger partial charge in [-0.2, -0.15) is 5.10 Å². The van der Waals surface area contributed by atoms with Gasteiger partial charge in [0.05, 0.1) is 18.5 Å². The summed E-state index contributed by atoms with van der Waals surface area (Å²) in [6, 6.07) is 17.2. The molecule has 0 aliphatic heterocycles. The summed E-state index contributed by atoms with van der Waals surface area (Å²) < 4.78 is 7.01. The van der Waals surface area contributed by atoms with Crippen molar-refractivity contribution < 1.29 is 14.3 Å². The molecule has 0 aliphatic rings. The molecule has 0 bridgehead atoms. The number of amides is 2. The quantitative estimate of drug-likeness (QED) is 0.265. The molecular formula is C32H44N4O3. The second kappa shape index (κ2) is 13.5. The number of nitrogens with zero attached hydrogens (tertiary/aromatic N) is 3. The Labute approximate surface area is 233 Å². The van der Waals surface area contributed by atoms with Crippen molar-refractivity contribution in [3.8, 4) is 11.4 Å². The Balaban J connectivity index is 1.80. The number of hydrogen-bond acceptors (Lipinski definition) is 4. The molecule has 3 rings (SSSR count). The van der Waals surface area contributed by atoms with Crippen molar-refractivity contribution in [3.05, 3.63) is 71.4 Å². The second-order valence-electron chi connectivity index (χ2n) is 11.6. The number of benzene rings is 2. The Kier molecular flexibility index (Phi) is 10.3. The monoisotopic (exact) mass is 532 g/mol. The van der Waals surface area contributed by atoms with Crippen LogP contribution in [0.5, 0.6) is 5.75 Å². The van der Waals surface area contributed by atoms with Gasteiger partial charge < -0.3 is 15.0 Å². The molecule has 0 fully saturated rings. The first-order valence-corrected chi connectivity index (χ1v) is 13.9. The molecule has 0 atom stereocenters. The van der Waals surface area contributed by atoms with Crippen molar-refractivity contribution >= 4 is 17.6 Å². The van der Waals surface area contributed by atoms with Crippen molar-refractivity contribution in [1.29, 1.82) is 0 Å². The molecule has 0 saturated heterocycles. The molecule has 0 unspecified atom stereocenters. The predicted molar refractivity (Wildman–Crippen MR) is 158 cm³/mol. The first-order valence-electron chi connectivity index (χ1n) is 13.9. The standard InChI is InChI=1S/C32H44N4O3/c1-8-9-10-11-24-12-14-25(15-13-24)31(38)35(21-23(2)3)22-30(37)33-29-20-28(32(4,5)6)34-36(29)26-16-18-27(39-7)19-17-26/h12-20,23H,8-11,21-22H2,1-7H3,(H,33,37). The van der Waals surface area contributed by atoms with E-state index in [9.17, 15) is 9.59 Å². The van der Waals surface area contributed by atoms with Crippen LogP contribution in [0.1, 0.15) is 82.4 Å². The molecule has 7 heteroatoms. The number of ether oxygens (including phenoxy) is 1. The van der Waals surface area contributed by atoms with Crippen LogP contribution in [0.3, 0.4) is 0 Å². The summed E-state index contributed by atoms with van der Waals surface area (Å²) in [6.45, 7) is 13.0. The Morgan fingerprint density at radius 2 is 1.69 bits per heavy atom. The third-order valence-electron chi connectivity index (χ3n) is 6.54. The summed E-state index contributed by atoms with van der Waals surface area (Å²) in [7, 11) is 1.62. The number of unbranched alkanes of at least 4 members (excludes halogenated alkanes) is 2. The highest BCUT2D eigenvalue weighted by Crippen LogP contribution is 2.27. The lowest BCUT2D eigenvalue weighted by Gasteiger charge is -2.24. The number of methoxy groups -OCH3 is 1. The van der Waals surface area contributed by atoms with Gasteiger partial charge in [0.2, 0.25) is 5.91 Å². The summed E-state index contributed by atoms with van der Waals surface area (Å²) in [5.41, 5.74) is 3.27. The summed E-state index contributed by atoms with van der Waals surface area (Å²) in [5, 5.41) is 7.80. The van der Waals surface area contributed by atoms with Gasteiger partial charge >= 0.3 is 0 Å². The fraction of sp³-hybridized carbons (Fsp3) is 0.469. The topological polar surface area (TPSA) is 76.5 Å². The summed E-state index contributed by atoms with van der Waals surface area (Å²) in [5.74, 6) is 1.11. The number of anilines is 1. The van der Waals surface area contributed by atoms with Crippen molar-refractivity contribution in [2.24, 2.45) is 5.92 Å². The Bertz CT molecular complexity index is 1220. The first kappa shape index (κ1) is 29.9. The van der Waals surface area contributed by atoms with Crippen LogP contribution in [0.25, 0.3) is 5.69 Å². The van der Waals surface area contributed by atoms with E-state index in [4.69, 9.17) is 9.84 Å². The molecule has 39 heavy (non-hydrogen) atoms. The van der Waals surface area contributed by atoms with Gasteiger partial charge in [-0.1, -0.05) is 66.5 Å². The number of hydrogen-bond donors (Lipinski definition) is 1. The van der Waals surface area contributed by atoms with Gasteiger partial charge in [-0.15, -0.1) is 0 Å². The van der Waals surface area contributed by atoms with Crippen LogP contribution in [-0.4, -0.2) is 46.7 Å². The molecule has 2 aromatic carbocycles. The number of aromatic nitrogens is 2. The van der Waals surface area contributed by atoms with E-state index in [1.807, 2.05) is 68.4 Å². The van der Waals surface area contributed by atoms with Gasteiger partial charge in [-0.3, -0.25) is 9.59 Å². The van der Waals surface area contributed by atoms with E-state index in [0.29, 0.717) is 17.9 Å². The maximum Gasteiger partial charge on any atom is 0.254 e. The molecule has 7 nitrogen and oxygen atoms in total. The summed E-state index contributed by atoms with van der Waals surface area (Å²) in [4.78, 5) is 28.4. The zero-order valence-corrected chi connectivity index (χ0v) is 24.6. The fourth-order valence-corrected chi connectivity index (χ4v) is 4.35. The minimum absolute atomic E-state index is 0.0477. The number of nitrogens with one attached hydrogen (secondary N) is 1. The molecule has 0 saturated carbocycles. The van der Waals surface area contributed by atoms with Gasteiger partial charge in [0, 0.05) is 23.6 Å². The molecular weight excluding hydrogens is 488 g/mol. The SMILES string of the molecule is CCCCCc1ccc(C(=O)N(CC(=O)Nc2cc(C(C)(C)C)nn2-c2ccc(OC)cc2)CC(C)C)cc1. The van der Waals surface area contributed by atoms with Crippen LogP contribution in [0.4, 0.5) is 5.82 Å². The third-order valence-corrected chi connectivity index (χ3v) is 6.54. The van der Waals surface area contributed by atoms with Gasteiger partial charge in [0.25, 0.3) is 5.91 Å². The zero-order valence-electron chi connectivity index (χ0n) is 24.6. The van der Waals surface area contributed by atoms with Crippen molar-refractivity contribution in [2.75, 3.05) is 25.5 Å². The Morgan fingerprint density at radius 1 is 1.03 bits per heavy atom. The van der Waals surface area contributed by atoms with Crippen LogP contribution < -0.4 is 10.1 Å². The van der Waals surface area contributed by atoms with E-state index in [1.165, 1.54) is 18.4 Å². The summed E-state index contributed by atoms with van der Waals surface area (Å²) in [6.07, 6.45) is 4.54. The van der Waals surface area contributed by atoms with Crippen LogP contribution in [-0.2, 0) is 16.6 Å². The van der Waals surface area contributed by atoms with E-state index >= 15 is 0 Å². The average molecular weight is 533 g/mol. The number of carbonyl (C=O) groups excluding carboxylic acids is 2. The van der Waals surface area contributed by atoms with Crippen molar-refractivity contribution in [3.63, 3.8) is 0 Å². The molecule has 1 aromatic heterocycles. The lowest BCUT2D eigenvalue weighted by atomic mass is 9.92. The number of rotatable bonds is 12. The van der Waals surface area contributed by atoms with E-state index in [2.05, 4.69) is 33.0 Å². The Hall–Kier alpha value is -3.61. The van der Waals surface area contributed by atoms with Crippen LogP contribution >= 0.6 is 0 Å². The maximum atomic E-state index is 13.4. The van der Waals surface area contributed by atoms with E-state index < -0.39 is 0 Å². The highest BCUT2D eigenvalue weighted by atomic mass is 16.5. The van der Waals surface area contributed by atoms with E-state index in [0.717, 1.165) is 30.0 Å². The van der Waals surface area contributed by atoms with Crippen molar-refractivity contribution in [2.45, 2.75) is 72.6 Å². The van der Waals surface area contributed by atoms with E-state index in [1.54, 1.807) is 16.7 Å². The van der Waals surface area contributed by atoms with Crippen LogP contribution in [0, 0.1) is 5.92 Å². The number of carbonyl (C=O) groups is 2. The van der Waals surface area contributed by atoms with Gasteiger partial charge in [-0.05, 0) is 60.7 Å². The Morgan fingerprint density at radius 3 is 2.26 bits per heavy atom. The predicted octanol–water partition coefficient (Wildman–Crippen LogP) is 6.65. The minimum atomic E-state index is -0.268. The van der Waals surface area contributed by atoms with Crippen LogP contribution in [0.2, 0.25) is 0 Å². The molecule has 0 spiro atoms. The van der Waals surface area contributed by atoms with Gasteiger partial charge in [0.15, 0.2) is 0 Å². The number of aryl methyl sites for hydroxylation is 1. The normalized spacial score (nSPS) is 11.5. The minimum Gasteiger partial charge on any atom is -0.497 e. The molecule has 0 radical (unpaired) electrons. The second-order valence-corrected chi connectivity index (χ2v) is 11.6. The van der Waals surface area contributed by atoms with Gasteiger partial charge in [-0.25, -0.2) is 4.68 Å². The molecule has 210 valence electrons. The highest BCUT2D eigenvalue weighted by Gasteiger charge is 2.24. The molecule has 0 aliphatic carbocycles. The van der Waals surface area contributed by atoms with Gasteiger partial charge in [0.1, 0.15) is 18.1 Å². The average Bonchev–Trinajstić information content (AvgIpc) is 3.32. The lowest BCUT2D eigenvalue weighted by Crippen LogP contribution is -2.40.